The van der Waals surface area contributed by atoms with Crippen molar-refractivity contribution in [3.63, 3.8) is 0 Å². The maximum atomic E-state index is 13.0. The first-order valence-corrected chi connectivity index (χ1v) is 6.36. The molecule has 17 heavy (non-hydrogen) atoms. The molecule has 0 spiro atoms. The molecule has 1 aromatic rings. The van der Waals surface area contributed by atoms with Crippen molar-refractivity contribution in [2.75, 3.05) is 13.1 Å². The Hall–Kier alpha value is -0.930. The third kappa shape index (κ3) is 3.79. The van der Waals surface area contributed by atoms with Crippen LogP contribution in [0.4, 0.5) is 4.39 Å². The van der Waals surface area contributed by atoms with Crippen LogP contribution >= 0.6 is 0 Å². The van der Waals surface area contributed by atoms with Gasteiger partial charge in [0.25, 0.3) is 0 Å². The lowest BCUT2D eigenvalue weighted by Crippen LogP contribution is -2.45. The highest BCUT2D eigenvalue weighted by atomic mass is 19.1. The van der Waals surface area contributed by atoms with Crippen LogP contribution < -0.4 is 5.32 Å². The molecule has 1 aliphatic rings. The first-order valence-electron chi connectivity index (χ1n) is 6.36. The molecular weight excluding hydrogens is 217 g/mol. The van der Waals surface area contributed by atoms with E-state index in [2.05, 4.69) is 5.32 Å². The molecule has 1 aliphatic heterocycles. The Labute approximate surface area is 102 Å². The van der Waals surface area contributed by atoms with Gasteiger partial charge in [0.2, 0.25) is 0 Å². The molecule has 2 rings (SSSR count). The Morgan fingerprint density at radius 2 is 2.29 bits per heavy atom. The highest BCUT2D eigenvalue weighted by Gasteiger charge is 2.28. The lowest BCUT2D eigenvalue weighted by Gasteiger charge is -2.32. The Morgan fingerprint density at radius 1 is 1.41 bits per heavy atom. The summed E-state index contributed by atoms with van der Waals surface area (Å²) < 4.78 is 13.0. The van der Waals surface area contributed by atoms with Crippen molar-refractivity contribution >= 4 is 0 Å². The number of β-amino-alcohol motifs (C(OH)–C–C–N with tert-alkyl or cyclic N) is 1. The zero-order chi connectivity index (χ0) is 12.1. The van der Waals surface area contributed by atoms with Gasteiger partial charge in [0.05, 0.1) is 5.60 Å². The second kappa shape index (κ2) is 5.61. The number of benzene rings is 1. The minimum Gasteiger partial charge on any atom is -0.389 e. The van der Waals surface area contributed by atoms with Crippen molar-refractivity contribution in [3.8, 4) is 0 Å². The Kier molecular flexibility index (Phi) is 4.13. The molecule has 1 unspecified atom stereocenters. The molecule has 94 valence electrons. The fraction of sp³-hybridized carbons (Fsp3) is 0.571. The molecule has 0 aromatic heterocycles. The first-order chi connectivity index (χ1) is 8.18. The molecule has 2 N–H and O–H groups in total. The van der Waals surface area contributed by atoms with E-state index in [4.69, 9.17) is 0 Å². The van der Waals surface area contributed by atoms with E-state index >= 15 is 0 Å². The Bertz CT molecular complexity index is 361. The minimum atomic E-state index is -0.550. The number of rotatable bonds is 4. The van der Waals surface area contributed by atoms with Crippen molar-refractivity contribution in [2.24, 2.45) is 0 Å². The summed E-state index contributed by atoms with van der Waals surface area (Å²) in [5.74, 6) is -0.180. The number of halogens is 1. The van der Waals surface area contributed by atoms with E-state index in [-0.39, 0.29) is 5.82 Å². The van der Waals surface area contributed by atoms with Crippen LogP contribution in [-0.2, 0) is 6.42 Å². The van der Waals surface area contributed by atoms with Gasteiger partial charge in [0.15, 0.2) is 0 Å². The zero-order valence-electron chi connectivity index (χ0n) is 10.1. The standard InChI is InChI=1S/C14H20FNO/c15-13-6-1-4-12(10-13)5-2-7-14(17)8-3-9-16-11-14/h1,4,6,10,16-17H,2-3,5,7-9,11H2. The van der Waals surface area contributed by atoms with E-state index in [9.17, 15) is 9.50 Å². The maximum absolute atomic E-state index is 13.0. The molecule has 1 heterocycles. The zero-order valence-corrected chi connectivity index (χ0v) is 10.1. The molecule has 1 fully saturated rings. The predicted octanol–water partition coefficient (Wildman–Crippen LogP) is 2.26. The van der Waals surface area contributed by atoms with Gasteiger partial charge in [0, 0.05) is 6.54 Å². The molecule has 2 nitrogen and oxygen atoms in total. The summed E-state index contributed by atoms with van der Waals surface area (Å²) in [6.45, 7) is 1.70. The second-order valence-electron chi connectivity index (χ2n) is 4.99. The van der Waals surface area contributed by atoms with Gasteiger partial charge in [-0.2, -0.15) is 0 Å². The van der Waals surface area contributed by atoms with Crippen molar-refractivity contribution in [2.45, 2.75) is 37.7 Å². The fourth-order valence-electron chi connectivity index (χ4n) is 2.48. The minimum absolute atomic E-state index is 0.180. The van der Waals surface area contributed by atoms with Crippen LogP contribution in [0.2, 0.25) is 0 Å². The van der Waals surface area contributed by atoms with Gasteiger partial charge in [-0.3, -0.25) is 0 Å². The lowest BCUT2D eigenvalue weighted by molar-refractivity contribution is 0.00697. The number of aliphatic hydroxyl groups is 1. The second-order valence-corrected chi connectivity index (χ2v) is 4.99. The molecule has 0 radical (unpaired) electrons. The number of hydrogen-bond acceptors (Lipinski definition) is 2. The summed E-state index contributed by atoms with van der Waals surface area (Å²) >= 11 is 0. The van der Waals surface area contributed by atoms with Crippen molar-refractivity contribution in [1.29, 1.82) is 0 Å². The molecule has 0 amide bonds. The van der Waals surface area contributed by atoms with Gasteiger partial charge in [-0.05, 0) is 56.3 Å². The van der Waals surface area contributed by atoms with E-state index in [1.807, 2.05) is 6.07 Å². The average molecular weight is 237 g/mol. The summed E-state index contributed by atoms with van der Waals surface area (Å²) in [6, 6.07) is 6.71. The largest absolute Gasteiger partial charge is 0.389 e. The van der Waals surface area contributed by atoms with Crippen molar-refractivity contribution in [1.82, 2.24) is 5.32 Å². The van der Waals surface area contributed by atoms with Crippen LogP contribution in [0.1, 0.15) is 31.2 Å². The van der Waals surface area contributed by atoms with Gasteiger partial charge >= 0.3 is 0 Å². The highest BCUT2D eigenvalue weighted by molar-refractivity contribution is 5.16. The molecule has 1 saturated heterocycles. The summed E-state index contributed by atoms with van der Waals surface area (Å²) in [6.07, 6.45) is 4.44. The summed E-state index contributed by atoms with van der Waals surface area (Å²) in [5.41, 5.74) is 0.461. The highest BCUT2D eigenvalue weighted by Crippen LogP contribution is 2.22. The number of piperidine rings is 1. The van der Waals surface area contributed by atoms with Gasteiger partial charge in [-0.1, -0.05) is 12.1 Å². The van der Waals surface area contributed by atoms with E-state index in [1.54, 1.807) is 12.1 Å². The molecular formula is C14H20FNO. The topological polar surface area (TPSA) is 32.3 Å². The third-order valence-corrected chi connectivity index (χ3v) is 3.45. The SMILES string of the molecule is OC1(CCCc2cccc(F)c2)CCCNC1. The summed E-state index contributed by atoms with van der Waals surface area (Å²) in [4.78, 5) is 0. The van der Waals surface area contributed by atoms with Gasteiger partial charge in [0.1, 0.15) is 5.82 Å². The first kappa shape index (κ1) is 12.5. The van der Waals surface area contributed by atoms with Gasteiger partial charge < -0.3 is 10.4 Å². The fourth-order valence-corrected chi connectivity index (χ4v) is 2.48. The van der Waals surface area contributed by atoms with Crippen LogP contribution in [0.25, 0.3) is 0 Å². The third-order valence-electron chi connectivity index (χ3n) is 3.45. The monoisotopic (exact) mass is 237 g/mol. The lowest BCUT2D eigenvalue weighted by atomic mass is 9.88. The summed E-state index contributed by atoms with van der Waals surface area (Å²) in [5, 5.41) is 13.5. The van der Waals surface area contributed by atoms with Crippen molar-refractivity contribution in [3.05, 3.63) is 35.6 Å². The van der Waals surface area contributed by atoms with Crippen LogP contribution in [0.5, 0.6) is 0 Å². The number of nitrogens with one attached hydrogen (secondary N) is 1. The Balaban J connectivity index is 1.79. The smallest absolute Gasteiger partial charge is 0.123 e. The maximum Gasteiger partial charge on any atom is 0.123 e. The number of aryl methyl sites for hydroxylation is 1. The molecule has 0 aliphatic carbocycles. The van der Waals surface area contributed by atoms with Crippen molar-refractivity contribution < 1.29 is 9.50 Å². The van der Waals surface area contributed by atoms with Crippen LogP contribution in [0.3, 0.4) is 0 Å². The van der Waals surface area contributed by atoms with E-state index in [0.717, 1.165) is 44.2 Å². The normalized spacial score (nSPS) is 24.8. The van der Waals surface area contributed by atoms with Gasteiger partial charge in [-0.25, -0.2) is 4.39 Å². The van der Waals surface area contributed by atoms with E-state index < -0.39 is 5.60 Å². The summed E-state index contributed by atoms with van der Waals surface area (Å²) in [7, 11) is 0. The van der Waals surface area contributed by atoms with Crippen LogP contribution in [-0.4, -0.2) is 23.8 Å². The molecule has 3 heteroatoms. The van der Waals surface area contributed by atoms with E-state index in [1.165, 1.54) is 6.07 Å². The molecule has 0 saturated carbocycles. The quantitative estimate of drug-likeness (QED) is 0.842. The van der Waals surface area contributed by atoms with Crippen LogP contribution in [0.15, 0.2) is 24.3 Å². The Morgan fingerprint density at radius 3 is 3.00 bits per heavy atom. The number of hydrogen-bond donors (Lipinski definition) is 2. The molecule has 0 bridgehead atoms. The van der Waals surface area contributed by atoms with Gasteiger partial charge in [-0.15, -0.1) is 0 Å². The predicted molar refractivity (Wildman–Crippen MR) is 66.4 cm³/mol. The average Bonchev–Trinajstić information content (AvgIpc) is 2.30. The molecule has 1 aromatic carbocycles. The van der Waals surface area contributed by atoms with Crippen LogP contribution in [0, 0.1) is 5.82 Å². The van der Waals surface area contributed by atoms with E-state index in [0.29, 0.717) is 6.54 Å². The molecule has 1 atom stereocenters.